The molecule has 1 aromatic rings. The second kappa shape index (κ2) is 5.31. The molecule has 94 valence electrons. The van der Waals surface area contributed by atoms with Gasteiger partial charge >= 0.3 is 6.09 Å². The summed E-state index contributed by atoms with van der Waals surface area (Å²) in [6.45, 7) is 0. The molecule has 1 fully saturated rings. The minimum absolute atomic E-state index is 0.00588. The van der Waals surface area contributed by atoms with Gasteiger partial charge in [-0.25, -0.2) is 14.3 Å². The Hall–Kier alpha value is -1.36. The third kappa shape index (κ3) is 2.85. The molecule has 1 saturated carbocycles. The van der Waals surface area contributed by atoms with Crippen LogP contribution in [0.1, 0.15) is 25.7 Å². The fourth-order valence-electron chi connectivity index (χ4n) is 2.36. The monoisotopic (exact) mass is 237 g/mol. The number of aromatic nitrogens is 2. The molecule has 0 aliphatic heterocycles. The van der Waals surface area contributed by atoms with E-state index >= 15 is 0 Å². The number of ether oxygens (including phenoxy) is 1. The van der Waals surface area contributed by atoms with E-state index in [-0.39, 0.29) is 12.2 Å². The van der Waals surface area contributed by atoms with E-state index in [1.807, 2.05) is 14.1 Å². The van der Waals surface area contributed by atoms with Crippen LogP contribution in [0.2, 0.25) is 0 Å². The Morgan fingerprint density at radius 1 is 1.41 bits per heavy atom. The first-order valence-electron chi connectivity index (χ1n) is 6.04. The molecular weight excluding hydrogens is 218 g/mol. The van der Waals surface area contributed by atoms with Crippen molar-refractivity contribution in [3.8, 4) is 0 Å². The molecule has 0 spiro atoms. The molecule has 5 nitrogen and oxygen atoms in total. The number of carbonyl (C=O) groups is 1. The zero-order chi connectivity index (χ0) is 12.3. The van der Waals surface area contributed by atoms with Crippen molar-refractivity contribution in [2.45, 2.75) is 37.8 Å². The van der Waals surface area contributed by atoms with Crippen LogP contribution in [0.25, 0.3) is 0 Å². The standard InChI is InChI=1S/C12H19N3O2/c1-14(2)10-5-3-4-6-11(10)17-12(16)15-8-7-13-9-15/h7-11H,3-6H2,1-2H3/t10-,11-/m0/s1. The quantitative estimate of drug-likeness (QED) is 0.786. The molecule has 0 N–H and O–H groups in total. The third-order valence-electron chi connectivity index (χ3n) is 3.30. The molecule has 0 radical (unpaired) electrons. The van der Waals surface area contributed by atoms with Gasteiger partial charge in [-0.3, -0.25) is 0 Å². The van der Waals surface area contributed by atoms with Crippen molar-refractivity contribution in [3.63, 3.8) is 0 Å². The van der Waals surface area contributed by atoms with Crippen LogP contribution >= 0.6 is 0 Å². The van der Waals surface area contributed by atoms with Crippen LogP contribution in [-0.2, 0) is 4.74 Å². The van der Waals surface area contributed by atoms with Gasteiger partial charge in [-0.2, -0.15) is 0 Å². The van der Waals surface area contributed by atoms with Crippen molar-refractivity contribution >= 4 is 6.09 Å². The van der Waals surface area contributed by atoms with E-state index in [1.165, 1.54) is 17.3 Å². The van der Waals surface area contributed by atoms with Crippen LogP contribution in [0, 0.1) is 0 Å². The van der Waals surface area contributed by atoms with Gasteiger partial charge in [0.25, 0.3) is 0 Å². The molecule has 2 rings (SSSR count). The summed E-state index contributed by atoms with van der Waals surface area (Å²) in [4.78, 5) is 17.8. The minimum Gasteiger partial charge on any atom is -0.444 e. The van der Waals surface area contributed by atoms with E-state index in [9.17, 15) is 4.79 Å². The first-order valence-corrected chi connectivity index (χ1v) is 6.04. The maximum Gasteiger partial charge on any atom is 0.419 e. The molecule has 5 heteroatoms. The average molecular weight is 237 g/mol. The first kappa shape index (κ1) is 12.1. The van der Waals surface area contributed by atoms with Gasteiger partial charge in [0.05, 0.1) is 0 Å². The lowest BCUT2D eigenvalue weighted by atomic mass is 9.92. The van der Waals surface area contributed by atoms with Gasteiger partial charge in [-0.15, -0.1) is 0 Å². The minimum atomic E-state index is -0.332. The van der Waals surface area contributed by atoms with E-state index in [0.717, 1.165) is 19.3 Å². The van der Waals surface area contributed by atoms with Crippen molar-refractivity contribution in [3.05, 3.63) is 18.7 Å². The van der Waals surface area contributed by atoms with Gasteiger partial charge in [-0.1, -0.05) is 6.42 Å². The van der Waals surface area contributed by atoms with E-state index < -0.39 is 0 Å². The molecule has 1 heterocycles. The average Bonchev–Trinajstić information content (AvgIpc) is 2.83. The van der Waals surface area contributed by atoms with E-state index in [4.69, 9.17) is 4.74 Å². The molecule has 0 saturated heterocycles. The van der Waals surface area contributed by atoms with Crippen LogP contribution in [0.3, 0.4) is 0 Å². The molecule has 0 aromatic carbocycles. The second-order valence-corrected chi connectivity index (χ2v) is 4.71. The van der Waals surface area contributed by atoms with E-state index in [0.29, 0.717) is 6.04 Å². The lowest BCUT2D eigenvalue weighted by Gasteiger charge is -2.35. The highest BCUT2D eigenvalue weighted by molar-refractivity contribution is 5.70. The molecule has 1 aliphatic carbocycles. The summed E-state index contributed by atoms with van der Waals surface area (Å²) < 4.78 is 6.93. The Morgan fingerprint density at radius 3 is 2.82 bits per heavy atom. The van der Waals surface area contributed by atoms with Crippen LogP contribution in [0.4, 0.5) is 4.79 Å². The highest BCUT2D eigenvalue weighted by Crippen LogP contribution is 2.24. The zero-order valence-corrected chi connectivity index (χ0v) is 10.4. The van der Waals surface area contributed by atoms with Crippen molar-refractivity contribution < 1.29 is 9.53 Å². The van der Waals surface area contributed by atoms with Crippen LogP contribution < -0.4 is 0 Å². The molecule has 1 aromatic heterocycles. The smallest absolute Gasteiger partial charge is 0.419 e. The van der Waals surface area contributed by atoms with E-state index in [2.05, 4.69) is 9.88 Å². The SMILES string of the molecule is CN(C)[C@H]1CCCC[C@@H]1OC(=O)n1ccnc1. The number of nitrogens with zero attached hydrogens (tertiary/aromatic N) is 3. The number of hydrogen-bond donors (Lipinski definition) is 0. The molecule has 17 heavy (non-hydrogen) atoms. The number of carbonyl (C=O) groups excluding carboxylic acids is 1. The summed E-state index contributed by atoms with van der Waals surface area (Å²) in [5.41, 5.74) is 0. The Labute approximate surface area is 101 Å². The van der Waals surface area contributed by atoms with Crippen molar-refractivity contribution in [1.82, 2.24) is 14.5 Å². The highest BCUT2D eigenvalue weighted by atomic mass is 16.6. The molecule has 0 unspecified atom stereocenters. The maximum absolute atomic E-state index is 11.8. The Bertz CT molecular complexity index is 362. The van der Waals surface area contributed by atoms with Crippen molar-refractivity contribution in [2.24, 2.45) is 0 Å². The summed E-state index contributed by atoms with van der Waals surface area (Å²) in [6, 6.07) is 0.330. The van der Waals surface area contributed by atoms with Gasteiger partial charge in [0.1, 0.15) is 12.4 Å². The Kier molecular flexibility index (Phi) is 3.78. The number of rotatable bonds is 2. The van der Waals surface area contributed by atoms with Crippen LogP contribution in [0.5, 0.6) is 0 Å². The summed E-state index contributed by atoms with van der Waals surface area (Å²) in [6.07, 6.45) is 8.69. The van der Waals surface area contributed by atoms with Crippen molar-refractivity contribution in [2.75, 3.05) is 14.1 Å². The van der Waals surface area contributed by atoms with E-state index in [1.54, 1.807) is 12.4 Å². The number of likely N-dealkylation sites (N-methyl/N-ethyl adjacent to an activating group) is 1. The van der Waals surface area contributed by atoms with Gasteiger partial charge in [0.2, 0.25) is 0 Å². The lowest BCUT2D eigenvalue weighted by molar-refractivity contribution is 0.0210. The summed E-state index contributed by atoms with van der Waals surface area (Å²) >= 11 is 0. The van der Waals surface area contributed by atoms with Gasteiger partial charge in [0.15, 0.2) is 0 Å². The maximum atomic E-state index is 11.8. The molecular formula is C12H19N3O2. The first-order chi connectivity index (χ1) is 8.18. The molecule has 2 atom stereocenters. The number of hydrogen-bond acceptors (Lipinski definition) is 4. The van der Waals surface area contributed by atoms with Crippen LogP contribution in [-0.4, -0.2) is 46.8 Å². The Balaban J connectivity index is 1.98. The molecule has 0 amide bonds. The topological polar surface area (TPSA) is 47.4 Å². The fourth-order valence-corrected chi connectivity index (χ4v) is 2.36. The Morgan fingerprint density at radius 2 is 2.18 bits per heavy atom. The summed E-state index contributed by atoms with van der Waals surface area (Å²) in [7, 11) is 4.07. The highest BCUT2D eigenvalue weighted by Gasteiger charge is 2.30. The fraction of sp³-hybridized carbons (Fsp3) is 0.667. The van der Waals surface area contributed by atoms with Crippen LogP contribution in [0.15, 0.2) is 18.7 Å². The van der Waals surface area contributed by atoms with Crippen molar-refractivity contribution in [1.29, 1.82) is 0 Å². The molecule has 1 aliphatic rings. The third-order valence-corrected chi connectivity index (χ3v) is 3.30. The lowest BCUT2D eigenvalue weighted by Crippen LogP contribution is -2.44. The largest absolute Gasteiger partial charge is 0.444 e. The summed E-state index contributed by atoms with van der Waals surface area (Å²) in [5, 5.41) is 0. The van der Waals surface area contributed by atoms with Gasteiger partial charge in [0, 0.05) is 18.4 Å². The predicted molar refractivity (Wildman–Crippen MR) is 63.8 cm³/mol. The normalized spacial score (nSPS) is 24.9. The zero-order valence-electron chi connectivity index (χ0n) is 10.4. The van der Waals surface area contributed by atoms with Gasteiger partial charge in [-0.05, 0) is 33.4 Å². The molecule has 0 bridgehead atoms. The predicted octanol–water partition coefficient (Wildman–Crippen LogP) is 1.74. The summed E-state index contributed by atoms with van der Waals surface area (Å²) in [5.74, 6) is 0. The number of imidazole rings is 1. The second-order valence-electron chi connectivity index (χ2n) is 4.71. The van der Waals surface area contributed by atoms with Gasteiger partial charge < -0.3 is 9.64 Å².